The van der Waals surface area contributed by atoms with E-state index in [0.29, 0.717) is 0 Å². The predicted octanol–water partition coefficient (Wildman–Crippen LogP) is -3.51. The van der Waals surface area contributed by atoms with Crippen molar-refractivity contribution in [3.05, 3.63) is 0 Å². The lowest BCUT2D eigenvalue weighted by Crippen LogP contribution is -2.46. The molecule has 9 N–H and O–H groups in total. The van der Waals surface area contributed by atoms with E-state index in [2.05, 4.69) is 0 Å². The van der Waals surface area contributed by atoms with Crippen molar-refractivity contribution < 1.29 is 69.9 Å². The number of carbonyl (C=O) groups excluding carboxylic acids is 1. The number of hydrogen-bond donors (Lipinski definition) is 9. The van der Waals surface area contributed by atoms with Crippen molar-refractivity contribution in [2.24, 2.45) is 0 Å². The van der Waals surface area contributed by atoms with E-state index in [1.807, 2.05) is 0 Å². The first-order chi connectivity index (χ1) is 12.8. The number of rotatable bonds is 11. The number of hydrogen-bond acceptors (Lipinski definition) is 10. The molecule has 0 fully saturated rings. The molecule has 164 valence electrons. The van der Waals surface area contributed by atoms with Gasteiger partial charge in [0.05, 0.1) is 32.3 Å². The highest BCUT2D eigenvalue weighted by molar-refractivity contribution is 5.75. The van der Waals surface area contributed by atoms with Crippen LogP contribution in [-0.2, 0) is 24.0 Å². The van der Waals surface area contributed by atoms with Gasteiger partial charge in [0.15, 0.2) is 6.29 Å². The van der Waals surface area contributed by atoms with Crippen LogP contribution in [-0.4, -0.2) is 107 Å². The summed E-state index contributed by atoms with van der Waals surface area (Å²) in [5.41, 5.74) is 0. The fraction of sp³-hybridized carbons (Fsp3) is 0.643. The van der Waals surface area contributed by atoms with Crippen LogP contribution in [0.2, 0.25) is 0 Å². The minimum atomic E-state index is -1.79. The highest BCUT2D eigenvalue weighted by Gasteiger charge is 2.29. The average Bonchev–Trinajstić information content (AvgIpc) is 2.63. The summed E-state index contributed by atoms with van der Waals surface area (Å²) >= 11 is 0. The molecular formula is C14H24O14. The normalized spacial score (nSPS) is 13.9. The Morgan fingerprint density at radius 2 is 0.929 bits per heavy atom. The number of carbonyl (C=O) groups is 5. The third-order valence-electron chi connectivity index (χ3n) is 2.53. The molecule has 14 heteroatoms. The molecule has 0 radical (unpaired) electrons. The van der Waals surface area contributed by atoms with Gasteiger partial charge in [-0.25, -0.2) is 0 Å². The first kappa shape index (κ1) is 30.1. The zero-order chi connectivity index (χ0) is 22.9. The monoisotopic (exact) mass is 416 g/mol. The summed E-state index contributed by atoms with van der Waals surface area (Å²) in [5.74, 6) is -4.31. The molecule has 0 aromatic carbocycles. The first-order valence-corrected chi connectivity index (χ1v) is 7.45. The fourth-order valence-electron chi connectivity index (χ4n) is 1.05. The molecule has 0 aliphatic heterocycles. The van der Waals surface area contributed by atoms with Gasteiger partial charge in [-0.05, 0) is 0 Å². The molecule has 0 saturated heterocycles. The van der Waals surface area contributed by atoms with Crippen molar-refractivity contribution in [3.63, 3.8) is 0 Å². The van der Waals surface area contributed by atoms with E-state index in [9.17, 15) is 24.0 Å². The Morgan fingerprint density at radius 1 is 0.643 bits per heavy atom. The van der Waals surface area contributed by atoms with Gasteiger partial charge in [0.25, 0.3) is 0 Å². The molecule has 0 heterocycles. The van der Waals surface area contributed by atoms with E-state index >= 15 is 0 Å². The highest BCUT2D eigenvalue weighted by Crippen LogP contribution is 2.02. The molecule has 0 rings (SSSR count). The molecule has 0 bridgehead atoms. The fourth-order valence-corrected chi connectivity index (χ4v) is 1.05. The van der Waals surface area contributed by atoms with E-state index < -0.39 is 54.9 Å². The van der Waals surface area contributed by atoms with E-state index in [1.165, 1.54) is 0 Å². The summed E-state index contributed by atoms with van der Waals surface area (Å²) in [7, 11) is 0. The van der Waals surface area contributed by atoms with Gasteiger partial charge in [-0.2, -0.15) is 0 Å². The van der Waals surface area contributed by atoms with E-state index in [-0.39, 0.29) is 32.0 Å². The molecule has 0 aliphatic rings. The maximum atomic E-state index is 9.90. The van der Waals surface area contributed by atoms with Crippen LogP contribution in [0.15, 0.2) is 0 Å². The maximum absolute atomic E-state index is 9.90. The van der Waals surface area contributed by atoms with Gasteiger partial charge in [0.1, 0.15) is 24.4 Å². The number of aliphatic hydroxyl groups is 5. The van der Waals surface area contributed by atoms with Crippen LogP contribution < -0.4 is 0 Å². The molecule has 28 heavy (non-hydrogen) atoms. The largest absolute Gasteiger partial charge is 0.481 e. The van der Waals surface area contributed by atoms with Gasteiger partial charge in [0, 0.05) is 0 Å². The van der Waals surface area contributed by atoms with Gasteiger partial charge in [-0.3, -0.25) is 19.2 Å². The maximum Gasteiger partial charge on any atom is 0.303 e. The highest BCUT2D eigenvalue weighted by atomic mass is 16.4. The molecule has 0 saturated carbocycles. The number of aldehydes is 1. The lowest BCUT2D eigenvalue weighted by Gasteiger charge is -2.22. The molecular weight excluding hydrogens is 392 g/mol. The van der Waals surface area contributed by atoms with Crippen molar-refractivity contribution in [1.82, 2.24) is 0 Å². The predicted molar refractivity (Wildman–Crippen MR) is 86.2 cm³/mol. The van der Waals surface area contributed by atoms with Crippen molar-refractivity contribution in [2.75, 3.05) is 6.61 Å². The zero-order valence-corrected chi connectivity index (χ0v) is 14.5. The first-order valence-electron chi connectivity index (χ1n) is 7.45. The van der Waals surface area contributed by atoms with Crippen LogP contribution in [0, 0.1) is 0 Å². The number of aliphatic hydroxyl groups excluding tert-OH is 5. The van der Waals surface area contributed by atoms with Gasteiger partial charge < -0.3 is 50.8 Å². The second-order valence-electron chi connectivity index (χ2n) is 4.93. The van der Waals surface area contributed by atoms with E-state index in [0.717, 1.165) is 0 Å². The molecule has 0 aromatic rings. The van der Waals surface area contributed by atoms with Gasteiger partial charge in [-0.1, -0.05) is 0 Å². The zero-order valence-electron chi connectivity index (χ0n) is 14.5. The summed E-state index contributed by atoms with van der Waals surface area (Å²) in [6, 6.07) is 0. The minimum absolute atomic E-state index is 0.0258. The van der Waals surface area contributed by atoms with Crippen LogP contribution in [0.25, 0.3) is 0 Å². The quantitative estimate of drug-likeness (QED) is 0.148. The van der Waals surface area contributed by atoms with Crippen molar-refractivity contribution >= 4 is 30.2 Å². The Morgan fingerprint density at radius 3 is 1.11 bits per heavy atom. The topological polar surface area (TPSA) is 267 Å². The summed E-state index contributed by atoms with van der Waals surface area (Å²) in [6.07, 6.45) is -8.02. The van der Waals surface area contributed by atoms with Crippen molar-refractivity contribution in [3.8, 4) is 0 Å². The lowest BCUT2D eigenvalue weighted by molar-refractivity contribution is -0.143. The van der Waals surface area contributed by atoms with Crippen molar-refractivity contribution in [2.45, 2.75) is 50.1 Å². The third-order valence-corrected chi connectivity index (χ3v) is 2.53. The Hall–Kier alpha value is -2.65. The summed E-state index contributed by atoms with van der Waals surface area (Å²) < 4.78 is 0. The molecule has 14 nitrogen and oxygen atoms in total. The minimum Gasteiger partial charge on any atom is -0.481 e. The Bertz CT molecular complexity index is 434. The smallest absolute Gasteiger partial charge is 0.303 e. The second kappa shape index (κ2) is 17.7. The van der Waals surface area contributed by atoms with Crippen LogP contribution >= 0.6 is 0 Å². The SMILES string of the molecule is O=C(O)CCC(=O)O.O=C(O)CCC(=O)O.O=C[C@H](O)[C@@H](O)[C@H](O)[C@H](O)CO. The summed E-state index contributed by atoms with van der Waals surface area (Å²) in [4.78, 5) is 48.5. The molecule has 0 aliphatic carbocycles. The van der Waals surface area contributed by atoms with Gasteiger partial charge >= 0.3 is 23.9 Å². The molecule has 0 spiro atoms. The Balaban J connectivity index is -0.000000347. The van der Waals surface area contributed by atoms with E-state index in [4.69, 9.17) is 46.0 Å². The Labute approximate surface area is 157 Å². The summed E-state index contributed by atoms with van der Waals surface area (Å²) in [5, 5.41) is 75.1. The van der Waals surface area contributed by atoms with Crippen molar-refractivity contribution in [1.29, 1.82) is 0 Å². The lowest BCUT2D eigenvalue weighted by atomic mass is 10.0. The van der Waals surface area contributed by atoms with E-state index in [1.54, 1.807) is 0 Å². The second-order valence-corrected chi connectivity index (χ2v) is 4.93. The standard InChI is InChI=1S/C6H12O6.2C4H6O4/c7-1-3(9)5(11)6(12)4(10)2-8;2*5-3(6)1-2-4(7)8/h1,3-6,8-12H,2H2;2*1-2H2,(H,5,6)(H,7,8)/t3-,4+,5+,6+;;/m0../s1. The third kappa shape index (κ3) is 21.4. The number of aliphatic carboxylic acids is 4. The molecule has 0 aromatic heterocycles. The molecule has 0 unspecified atom stereocenters. The van der Waals surface area contributed by atoms with Crippen LogP contribution in [0.5, 0.6) is 0 Å². The number of carboxylic acids is 4. The van der Waals surface area contributed by atoms with Crippen LogP contribution in [0.3, 0.4) is 0 Å². The van der Waals surface area contributed by atoms with Crippen LogP contribution in [0.4, 0.5) is 0 Å². The van der Waals surface area contributed by atoms with Gasteiger partial charge in [-0.15, -0.1) is 0 Å². The molecule has 0 amide bonds. The van der Waals surface area contributed by atoms with Gasteiger partial charge in [0.2, 0.25) is 0 Å². The molecule has 4 atom stereocenters. The van der Waals surface area contributed by atoms with Crippen LogP contribution in [0.1, 0.15) is 25.7 Å². The summed E-state index contributed by atoms with van der Waals surface area (Å²) in [6.45, 7) is -0.760. The average molecular weight is 416 g/mol. The Kier molecular flexibility index (Phi) is 19.1. The number of carboxylic acid groups (broad SMARTS) is 4.